The highest BCUT2D eigenvalue weighted by Gasteiger charge is 2.40. The van der Waals surface area contributed by atoms with E-state index in [0.717, 1.165) is 0 Å². The third-order valence-corrected chi connectivity index (χ3v) is 6.82. The number of amides is 4. The highest BCUT2D eigenvalue weighted by atomic mass is 16.6. The summed E-state index contributed by atoms with van der Waals surface area (Å²) in [6.45, 7) is 7.22. The molecule has 4 amide bonds. The Kier molecular flexibility index (Phi) is 7.65. The molecule has 10 nitrogen and oxygen atoms in total. The molecule has 0 bridgehead atoms. The van der Waals surface area contributed by atoms with Crippen molar-refractivity contribution in [3.8, 4) is 0 Å². The molecular weight excluding hydrogens is 466 g/mol. The summed E-state index contributed by atoms with van der Waals surface area (Å²) in [4.78, 5) is 52.2. The van der Waals surface area contributed by atoms with E-state index < -0.39 is 23.7 Å². The molecule has 0 aliphatic carbocycles. The van der Waals surface area contributed by atoms with Crippen LogP contribution in [0.1, 0.15) is 80.5 Å². The fourth-order valence-electron chi connectivity index (χ4n) is 4.96. The monoisotopic (exact) mass is 501 g/mol. The first-order chi connectivity index (χ1) is 17.0. The fraction of sp³-hybridized carbons (Fsp3) is 0.615. The van der Waals surface area contributed by atoms with Crippen molar-refractivity contribution in [1.29, 1.82) is 0 Å². The van der Waals surface area contributed by atoms with E-state index in [1.165, 1.54) is 4.90 Å². The number of carbonyl (C=O) groups is 4. The van der Waals surface area contributed by atoms with Crippen LogP contribution in [0.3, 0.4) is 0 Å². The molecule has 36 heavy (non-hydrogen) atoms. The molecule has 0 radical (unpaired) electrons. The molecule has 10 heteroatoms. The number of rotatable bonds is 6. The van der Waals surface area contributed by atoms with Crippen LogP contribution in [0.5, 0.6) is 0 Å². The Morgan fingerprint density at radius 1 is 1.17 bits per heavy atom. The van der Waals surface area contributed by atoms with Gasteiger partial charge in [-0.25, -0.2) is 4.79 Å². The Morgan fingerprint density at radius 3 is 2.56 bits per heavy atom. The smallest absolute Gasteiger partial charge is 0.410 e. The van der Waals surface area contributed by atoms with Gasteiger partial charge in [0, 0.05) is 44.6 Å². The Hall–Kier alpha value is -2.98. The van der Waals surface area contributed by atoms with Crippen LogP contribution in [0, 0.1) is 0 Å². The maximum atomic E-state index is 13.0. The van der Waals surface area contributed by atoms with Gasteiger partial charge in [0.15, 0.2) is 0 Å². The molecule has 0 saturated carbocycles. The Balaban J connectivity index is 1.28. The van der Waals surface area contributed by atoms with Crippen LogP contribution >= 0.6 is 0 Å². The van der Waals surface area contributed by atoms with Crippen molar-refractivity contribution in [2.45, 2.75) is 83.3 Å². The van der Waals surface area contributed by atoms with Gasteiger partial charge >= 0.3 is 6.09 Å². The minimum Gasteiger partial charge on any atom is -0.444 e. The van der Waals surface area contributed by atoms with Crippen LogP contribution in [-0.4, -0.2) is 76.2 Å². The quantitative estimate of drug-likeness (QED) is 0.573. The predicted octanol–water partition coefficient (Wildman–Crippen LogP) is 2.29. The van der Waals surface area contributed by atoms with Crippen LogP contribution in [0.2, 0.25) is 0 Å². The molecule has 1 aromatic carbocycles. The van der Waals surface area contributed by atoms with Crippen LogP contribution in [-0.2, 0) is 25.6 Å². The number of nitrogens with one attached hydrogen (secondary N) is 1. The lowest BCUT2D eigenvalue weighted by atomic mass is 9.97. The van der Waals surface area contributed by atoms with E-state index in [9.17, 15) is 24.3 Å². The van der Waals surface area contributed by atoms with Gasteiger partial charge in [0.2, 0.25) is 11.8 Å². The van der Waals surface area contributed by atoms with E-state index in [1.54, 1.807) is 23.1 Å². The van der Waals surface area contributed by atoms with Crippen molar-refractivity contribution in [3.05, 3.63) is 34.9 Å². The van der Waals surface area contributed by atoms with E-state index >= 15 is 0 Å². The number of fused-ring (bicyclic) bond motifs is 1. The van der Waals surface area contributed by atoms with Crippen LogP contribution < -0.4 is 5.32 Å². The van der Waals surface area contributed by atoms with E-state index in [0.29, 0.717) is 62.1 Å². The zero-order chi connectivity index (χ0) is 26.0. The summed E-state index contributed by atoms with van der Waals surface area (Å²) in [5.41, 5.74) is 1.32. The lowest BCUT2D eigenvalue weighted by molar-refractivity contribution is -0.136. The number of aliphatic hydroxyl groups excluding tert-OH is 1. The number of likely N-dealkylation sites (tertiary alicyclic amines) is 1. The van der Waals surface area contributed by atoms with Crippen LogP contribution in [0.25, 0.3) is 0 Å². The molecule has 2 saturated heterocycles. The largest absolute Gasteiger partial charge is 0.444 e. The summed E-state index contributed by atoms with van der Waals surface area (Å²) in [6, 6.07) is 4.54. The van der Waals surface area contributed by atoms with Gasteiger partial charge in [0.1, 0.15) is 11.6 Å². The number of piperidine rings is 2. The van der Waals surface area contributed by atoms with Gasteiger partial charge in [-0.1, -0.05) is 12.1 Å². The first-order valence-electron chi connectivity index (χ1n) is 12.6. The lowest BCUT2D eigenvalue weighted by Crippen LogP contribution is -2.52. The first-order valence-corrected chi connectivity index (χ1v) is 12.6. The topological polar surface area (TPSA) is 125 Å². The number of hydrogen-bond acceptors (Lipinski definition) is 7. The minimum atomic E-state index is -0.823. The average Bonchev–Trinajstić information content (AvgIpc) is 3.14. The second kappa shape index (κ2) is 10.6. The van der Waals surface area contributed by atoms with E-state index in [-0.39, 0.29) is 37.0 Å². The number of ether oxygens (including phenoxy) is 2. The van der Waals surface area contributed by atoms with Crippen molar-refractivity contribution < 1.29 is 33.8 Å². The number of carbonyl (C=O) groups excluding carboxylic acids is 4. The molecule has 2 N–H and O–H groups in total. The maximum absolute atomic E-state index is 13.0. The molecule has 2 unspecified atom stereocenters. The number of benzene rings is 1. The van der Waals surface area contributed by atoms with Crippen molar-refractivity contribution in [2.75, 3.05) is 19.7 Å². The zero-order valence-corrected chi connectivity index (χ0v) is 21.1. The standard InChI is InChI=1S/C26H35N3O7/c1-26(2,3)36-25(34)28-12-9-16(10-13-28)35-14-11-21(30)17-5-4-6-18-19(17)15-29(24(18)33)20-7-8-22(31)27-23(20)32/h4-6,16,20-21,30H,7-15H2,1-3H3,(H,27,31,32). The Labute approximate surface area is 210 Å². The molecule has 0 spiro atoms. The van der Waals surface area contributed by atoms with Gasteiger partial charge in [0.05, 0.1) is 12.2 Å². The third kappa shape index (κ3) is 5.87. The highest BCUT2D eigenvalue weighted by molar-refractivity contribution is 6.05. The summed E-state index contributed by atoms with van der Waals surface area (Å²) >= 11 is 0. The maximum Gasteiger partial charge on any atom is 0.410 e. The van der Waals surface area contributed by atoms with Gasteiger partial charge in [-0.15, -0.1) is 0 Å². The molecule has 2 atom stereocenters. The van der Waals surface area contributed by atoms with Crippen molar-refractivity contribution >= 4 is 23.8 Å². The number of imide groups is 1. The van der Waals surface area contributed by atoms with Crippen molar-refractivity contribution in [3.63, 3.8) is 0 Å². The molecule has 196 valence electrons. The van der Waals surface area contributed by atoms with Crippen molar-refractivity contribution in [2.24, 2.45) is 0 Å². The first kappa shape index (κ1) is 26.1. The van der Waals surface area contributed by atoms with Gasteiger partial charge < -0.3 is 24.4 Å². The van der Waals surface area contributed by atoms with Crippen LogP contribution in [0.15, 0.2) is 18.2 Å². The molecule has 4 rings (SSSR count). The Morgan fingerprint density at radius 2 is 1.89 bits per heavy atom. The summed E-state index contributed by atoms with van der Waals surface area (Å²) in [6.07, 6.45) is 1.11. The summed E-state index contributed by atoms with van der Waals surface area (Å²) in [5, 5.41) is 13.2. The minimum absolute atomic E-state index is 0.00182. The molecule has 0 aromatic heterocycles. The summed E-state index contributed by atoms with van der Waals surface area (Å²) in [7, 11) is 0. The van der Waals surface area contributed by atoms with Crippen molar-refractivity contribution in [1.82, 2.24) is 15.1 Å². The number of nitrogens with zero attached hydrogens (tertiary/aromatic N) is 2. The van der Waals surface area contributed by atoms with Gasteiger partial charge in [-0.3, -0.25) is 19.7 Å². The molecule has 1 aromatic rings. The zero-order valence-electron chi connectivity index (χ0n) is 21.1. The summed E-state index contributed by atoms with van der Waals surface area (Å²) in [5.74, 6) is -1.05. The second-order valence-corrected chi connectivity index (χ2v) is 10.6. The van der Waals surface area contributed by atoms with E-state index in [2.05, 4.69) is 5.32 Å². The van der Waals surface area contributed by atoms with Gasteiger partial charge in [-0.2, -0.15) is 0 Å². The predicted molar refractivity (Wildman–Crippen MR) is 129 cm³/mol. The molecular formula is C26H35N3O7. The lowest BCUT2D eigenvalue weighted by Gasteiger charge is -2.33. The molecule has 3 heterocycles. The average molecular weight is 502 g/mol. The summed E-state index contributed by atoms with van der Waals surface area (Å²) < 4.78 is 11.4. The fourth-order valence-corrected chi connectivity index (χ4v) is 4.96. The van der Waals surface area contributed by atoms with E-state index in [4.69, 9.17) is 9.47 Å². The number of aliphatic hydroxyl groups is 1. The van der Waals surface area contributed by atoms with E-state index in [1.807, 2.05) is 20.8 Å². The third-order valence-electron chi connectivity index (χ3n) is 6.82. The molecule has 3 aliphatic rings. The van der Waals surface area contributed by atoms with Crippen LogP contribution in [0.4, 0.5) is 4.79 Å². The van der Waals surface area contributed by atoms with Gasteiger partial charge in [-0.05, 0) is 57.2 Å². The second-order valence-electron chi connectivity index (χ2n) is 10.6. The molecule has 3 aliphatic heterocycles. The highest BCUT2D eigenvalue weighted by Crippen LogP contribution is 2.33. The molecule has 2 fully saturated rings. The SMILES string of the molecule is CC(C)(C)OC(=O)N1CCC(OCCC(O)c2cccc3c2CN(C2CCC(=O)NC2=O)C3=O)CC1. The van der Waals surface area contributed by atoms with Gasteiger partial charge in [0.25, 0.3) is 5.91 Å². The Bertz CT molecular complexity index is 1030. The normalized spacial score (nSPS) is 21.9. The number of hydrogen-bond donors (Lipinski definition) is 2.